The summed E-state index contributed by atoms with van der Waals surface area (Å²) in [6, 6.07) is 6.08. The van der Waals surface area contributed by atoms with Gasteiger partial charge < -0.3 is 10.3 Å². The average molecular weight is 261 g/mol. The molecule has 1 heterocycles. The van der Waals surface area contributed by atoms with Crippen LogP contribution in [0.4, 0.5) is 5.69 Å². The fourth-order valence-corrected chi connectivity index (χ4v) is 2.90. The van der Waals surface area contributed by atoms with Crippen molar-refractivity contribution in [2.75, 3.05) is 5.73 Å². The quantitative estimate of drug-likeness (QED) is 0.662. The van der Waals surface area contributed by atoms with Crippen molar-refractivity contribution < 1.29 is 0 Å². The van der Waals surface area contributed by atoms with E-state index in [0.29, 0.717) is 0 Å². The Morgan fingerprint density at radius 1 is 1.39 bits per heavy atom. The van der Waals surface area contributed by atoms with Crippen LogP contribution in [0.25, 0.3) is 0 Å². The molecule has 96 valence electrons. The van der Waals surface area contributed by atoms with Crippen LogP contribution in [0, 0.1) is 6.92 Å². The van der Waals surface area contributed by atoms with Gasteiger partial charge in [-0.15, -0.1) is 11.8 Å². The van der Waals surface area contributed by atoms with Gasteiger partial charge in [0.1, 0.15) is 0 Å². The van der Waals surface area contributed by atoms with E-state index in [4.69, 9.17) is 5.73 Å². The first-order valence-corrected chi connectivity index (χ1v) is 7.17. The molecule has 18 heavy (non-hydrogen) atoms. The summed E-state index contributed by atoms with van der Waals surface area (Å²) in [5.74, 6) is 0.935. The minimum atomic E-state index is 0.863. The summed E-state index contributed by atoms with van der Waals surface area (Å²) in [6.45, 7) is 5.28. The number of nitrogens with two attached hydrogens (primary N) is 1. The zero-order valence-electron chi connectivity index (χ0n) is 10.9. The number of hydrogen-bond acceptors (Lipinski definition) is 3. The number of rotatable bonds is 5. The third-order valence-corrected chi connectivity index (χ3v) is 4.16. The van der Waals surface area contributed by atoms with Gasteiger partial charge in [-0.25, -0.2) is 4.98 Å². The second-order valence-electron chi connectivity index (χ2n) is 4.34. The Morgan fingerprint density at radius 3 is 3.00 bits per heavy atom. The fourth-order valence-electron chi connectivity index (χ4n) is 1.85. The molecule has 0 saturated heterocycles. The normalized spacial score (nSPS) is 10.8. The van der Waals surface area contributed by atoms with Crippen LogP contribution >= 0.6 is 11.8 Å². The largest absolute Gasteiger partial charge is 0.398 e. The Hall–Kier alpha value is -1.42. The van der Waals surface area contributed by atoms with E-state index in [1.165, 1.54) is 16.2 Å². The van der Waals surface area contributed by atoms with E-state index in [9.17, 15) is 0 Å². The van der Waals surface area contributed by atoms with Crippen molar-refractivity contribution in [2.45, 2.75) is 37.5 Å². The third-order valence-electron chi connectivity index (χ3n) is 2.96. The molecule has 0 saturated carbocycles. The van der Waals surface area contributed by atoms with E-state index in [2.05, 4.69) is 29.5 Å². The van der Waals surface area contributed by atoms with Gasteiger partial charge in [0.05, 0.1) is 6.33 Å². The van der Waals surface area contributed by atoms with Gasteiger partial charge in [-0.1, -0.05) is 13.0 Å². The zero-order valence-corrected chi connectivity index (χ0v) is 11.7. The number of nitrogens with zero attached hydrogens (tertiary/aromatic N) is 2. The summed E-state index contributed by atoms with van der Waals surface area (Å²) < 4.78 is 2.22. The van der Waals surface area contributed by atoms with Crippen molar-refractivity contribution in [3.05, 3.63) is 42.0 Å². The fraction of sp³-hybridized carbons (Fsp3) is 0.357. The summed E-state index contributed by atoms with van der Waals surface area (Å²) in [6.07, 6.45) is 4.99. The molecule has 2 N–H and O–H groups in total. The standard InChI is InChI=1S/C14H19N3S/c1-3-7-17-10-16-8-12(17)9-18-14-6-4-5-13(15)11(14)2/h4-6,8,10H,3,7,9,15H2,1-2H3. The van der Waals surface area contributed by atoms with Gasteiger partial charge in [0.2, 0.25) is 0 Å². The Kier molecular flexibility index (Phi) is 4.31. The van der Waals surface area contributed by atoms with Gasteiger partial charge in [-0.05, 0) is 31.0 Å². The van der Waals surface area contributed by atoms with Crippen LogP contribution in [0.2, 0.25) is 0 Å². The van der Waals surface area contributed by atoms with Gasteiger partial charge in [0.15, 0.2) is 0 Å². The molecule has 0 atom stereocenters. The van der Waals surface area contributed by atoms with Crippen LogP contribution in [-0.4, -0.2) is 9.55 Å². The average Bonchev–Trinajstić information content (AvgIpc) is 2.79. The highest BCUT2D eigenvalue weighted by atomic mass is 32.2. The van der Waals surface area contributed by atoms with E-state index >= 15 is 0 Å². The number of imidazole rings is 1. The molecule has 0 amide bonds. The predicted octanol–water partition coefficient (Wildman–Crippen LogP) is 3.48. The maximum Gasteiger partial charge on any atom is 0.0948 e. The molecule has 3 nitrogen and oxygen atoms in total. The Balaban J connectivity index is 2.07. The molecule has 0 radical (unpaired) electrons. The Bertz CT molecular complexity index is 520. The maximum absolute atomic E-state index is 5.92. The molecule has 0 unspecified atom stereocenters. The molecule has 2 aromatic rings. The van der Waals surface area contributed by atoms with Crippen molar-refractivity contribution in [1.29, 1.82) is 0 Å². The SMILES string of the molecule is CCCn1cncc1CSc1cccc(N)c1C. The maximum atomic E-state index is 5.92. The number of benzene rings is 1. The number of aryl methyl sites for hydroxylation is 1. The van der Waals surface area contributed by atoms with Crippen LogP contribution in [0.15, 0.2) is 35.6 Å². The van der Waals surface area contributed by atoms with Crippen molar-refractivity contribution >= 4 is 17.4 Å². The second-order valence-corrected chi connectivity index (χ2v) is 5.35. The molecular formula is C14H19N3S. The van der Waals surface area contributed by atoms with Crippen LogP contribution in [0.1, 0.15) is 24.6 Å². The lowest BCUT2D eigenvalue weighted by Crippen LogP contribution is -1.99. The van der Waals surface area contributed by atoms with Gasteiger partial charge >= 0.3 is 0 Å². The summed E-state index contributed by atoms with van der Waals surface area (Å²) >= 11 is 1.82. The first-order chi connectivity index (χ1) is 8.72. The zero-order chi connectivity index (χ0) is 13.0. The van der Waals surface area contributed by atoms with Crippen LogP contribution in [-0.2, 0) is 12.3 Å². The molecule has 4 heteroatoms. The number of aromatic nitrogens is 2. The molecule has 0 aliphatic heterocycles. The lowest BCUT2D eigenvalue weighted by molar-refractivity contribution is 0.659. The summed E-state index contributed by atoms with van der Waals surface area (Å²) in [5, 5.41) is 0. The van der Waals surface area contributed by atoms with Crippen molar-refractivity contribution in [2.24, 2.45) is 0 Å². The molecule has 0 bridgehead atoms. The van der Waals surface area contributed by atoms with E-state index in [0.717, 1.165) is 24.4 Å². The topological polar surface area (TPSA) is 43.8 Å². The number of thioether (sulfide) groups is 1. The highest BCUT2D eigenvalue weighted by molar-refractivity contribution is 7.98. The van der Waals surface area contributed by atoms with E-state index in [-0.39, 0.29) is 0 Å². The number of anilines is 1. The van der Waals surface area contributed by atoms with Gasteiger partial charge in [-0.2, -0.15) is 0 Å². The lowest BCUT2D eigenvalue weighted by Gasteiger charge is -2.09. The minimum absolute atomic E-state index is 0.863. The molecule has 1 aromatic heterocycles. The van der Waals surface area contributed by atoms with E-state index in [1.807, 2.05) is 36.4 Å². The number of hydrogen-bond donors (Lipinski definition) is 1. The van der Waals surface area contributed by atoms with Crippen LogP contribution in [0.3, 0.4) is 0 Å². The molecule has 0 fully saturated rings. The highest BCUT2D eigenvalue weighted by Crippen LogP contribution is 2.28. The van der Waals surface area contributed by atoms with Crippen molar-refractivity contribution in [3.8, 4) is 0 Å². The van der Waals surface area contributed by atoms with Gasteiger partial charge in [0.25, 0.3) is 0 Å². The summed E-state index contributed by atoms with van der Waals surface area (Å²) in [4.78, 5) is 5.47. The first-order valence-electron chi connectivity index (χ1n) is 6.19. The smallest absolute Gasteiger partial charge is 0.0948 e. The highest BCUT2D eigenvalue weighted by Gasteiger charge is 2.05. The molecule has 1 aromatic carbocycles. The summed E-state index contributed by atoms with van der Waals surface area (Å²) in [5.41, 5.74) is 9.22. The molecule has 2 rings (SSSR count). The van der Waals surface area contributed by atoms with Gasteiger partial charge in [-0.3, -0.25) is 0 Å². The van der Waals surface area contributed by atoms with Crippen molar-refractivity contribution in [3.63, 3.8) is 0 Å². The minimum Gasteiger partial charge on any atom is -0.398 e. The lowest BCUT2D eigenvalue weighted by atomic mass is 10.2. The molecule has 0 aliphatic rings. The second kappa shape index (κ2) is 5.96. The van der Waals surface area contributed by atoms with E-state index in [1.54, 1.807) is 0 Å². The first kappa shape index (κ1) is 13.0. The van der Waals surface area contributed by atoms with Crippen molar-refractivity contribution in [1.82, 2.24) is 9.55 Å². The third kappa shape index (κ3) is 2.88. The van der Waals surface area contributed by atoms with Gasteiger partial charge in [0, 0.05) is 34.8 Å². The Labute approximate surface area is 112 Å². The van der Waals surface area contributed by atoms with Crippen LogP contribution in [0.5, 0.6) is 0 Å². The van der Waals surface area contributed by atoms with E-state index < -0.39 is 0 Å². The molecule has 0 spiro atoms. The summed E-state index contributed by atoms with van der Waals surface area (Å²) in [7, 11) is 0. The molecular weight excluding hydrogens is 242 g/mol. The monoisotopic (exact) mass is 261 g/mol. The Morgan fingerprint density at radius 2 is 2.22 bits per heavy atom. The predicted molar refractivity (Wildman–Crippen MR) is 77.7 cm³/mol. The number of nitrogen functional groups attached to an aromatic ring is 1. The van der Waals surface area contributed by atoms with Crippen LogP contribution < -0.4 is 5.73 Å². The molecule has 0 aliphatic carbocycles.